The third kappa shape index (κ3) is 3.67. The number of aromatic carboxylic acids is 1. The SMILES string of the molecule is CCC1CCCCN1C(=O)Nc1cc(Cl)ccc1C(=O)O. The largest absolute Gasteiger partial charge is 0.478 e. The van der Waals surface area contributed by atoms with Crippen molar-refractivity contribution in [1.29, 1.82) is 0 Å². The molecule has 1 aromatic carbocycles. The third-order valence-electron chi connectivity index (χ3n) is 3.81. The van der Waals surface area contributed by atoms with Gasteiger partial charge in [0, 0.05) is 17.6 Å². The van der Waals surface area contributed by atoms with Gasteiger partial charge in [-0.2, -0.15) is 0 Å². The highest BCUT2D eigenvalue weighted by atomic mass is 35.5. The Labute approximate surface area is 128 Å². The van der Waals surface area contributed by atoms with Gasteiger partial charge in [-0.3, -0.25) is 0 Å². The first-order valence-corrected chi connectivity index (χ1v) is 7.51. The average Bonchev–Trinajstić information content (AvgIpc) is 2.46. The van der Waals surface area contributed by atoms with Crippen molar-refractivity contribution in [2.45, 2.75) is 38.6 Å². The normalized spacial score (nSPS) is 18.4. The number of likely N-dealkylation sites (tertiary alicyclic amines) is 1. The molecule has 0 saturated carbocycles. The van der Waals surface area contributed by atoms with Crippen LogP contribution in [0.3, 0.4) is 0 Å². The molecule has 0 radical (unpaired) electrons. The van der Waals surface area contributed by atoms with E-state index in [1.807, 2.05) is 0 Å². The van der Waals surface area contributed by atoms with E-state index in [0.29, 0.717) is 11.6 Å². The van der Waals surface area contributed by atoms with Crippen LogP contribution in [0.25, 0.3) is 0 Å². The quantitative estimate of drug-likeness (QED) is 0.891. The van der Waals surface area contributed by atoms with Crippen LogP contribution in [0.2, 0.25) is 5.02 Å². The summed E-state index contributed by atoms with van der Waals surface area (Å²) < 4.78 is 0. The number of rotatable bonds is 3. The topological polar surface area (TPSA) is 69.6 Å². The molecule has 1 heterocycles. The number of amides is 2. The Morgan fingerprint density at radius 2 is 2.19 bits per heavy atom. The molecular weight excluding hydrogens is 292 g/mol. The first-order chi connectivity index (χ1) is 10.0. The molecule has 21 heavy (non-hydrogen) atoms. The summed E-state index contributed by atoms with van der Waals surface area (Å²) in [5, 5.41) is 12.2. The number of carbonyl (C=O) groups is 2. The van der Waals surface area contributed by atoms with E-state index in [-0.39, 0.29) is 23.3 Å². The van der Waals surface area contributed by atoms with Crippen LogP contribution in [-0.2, 0) is 0 Å². The van der Waals surface area contributed by atoms with Crippen LogP contribution < -0.4 is 5.32 Å². The van der Waals surface area contributed by atoms with Gasteiger partial charge in [-0.1, -0.05) is 18.5 Å². The second-order valence-electron chi connectivity index (χ2n) is 5.18. The lowest BCUT2D eigenvalue weighted by Crippen LogP contribution is -2.45. The molecule has 1 fully saturated rings. The highest BCUT2D eigenvalue weighted by Crippen LogP contribution is 2.24. The van der Waals surface area contributed by atoms with E-state index in [2.05, 4.69) is 12.2 Å². The Morgan fingerprint density at radius 1 is 1.43 bits per heavy atom. The number of urea groups is 1. The van der Waals surface area contributed by atoms with Gasteiger partial charge in [0.05, 0.1) is 11.3 Å². The highest BCUT2D eigenvalue weighted by Gasteiger charge is 2.26. The van der Waals surface area contributed by atoms with E-state index >= 15 is 0 Å². The zero-order chi connectivity index (χ0) is 15.4. The zero-order valence-electron chi connectivity index (χ0n) is 11.9. The van der Waals surface area contributed by atoms with Crippen molar-refractivity contribution in [1.82, 2.24) is 4.90 Å². The van der Waals surface area contributed by atoms with Crippen LogP contribution in [0, 0.1) is 0 Å². The molecule has 0 bridgehead atoms. The summed E-state index contributed by atoms with van der Waals surface area (Å²) in [5.74, 6) is -1.09. The van der Waals surface area contributed by atoms with E-state index in [9.17, 15) is 9.59 Å². The molecular formula is C15H19ClN2O3. The second kappa shape index (κ2) is 6.80. The fourth-order valence-electron chi connectivity index (χ4n) is 2.69. The Kier molecular flexibility index (Phi) is 5.07. The van der Waals surface area contributed by atoms with Crippen molar-refractivity contribution < 1.29 is 14.7 Å². The number of halogens is 1. The molecule has 0 aromatic heterocycles. The number of nitrogens with zero attached hydrogens (tertiary/aromatic N) is 1. The van der Waals surface area contributed by atoms with Crippen LogP contribution in [0.5, 0.6) is 0 Å². The monoisotopic (exact) mass is 310 g/mol. The van der Waals surface area contributed by atoms with Gasteiger partial charge in [-0.15, -0.1) is 0 Å². The molecule has 2 N–H and O–H groups in total. The Balaban J connectivity index is 2.18. The maximum atomic E-state index is 12.4. The molecule has 1 saturated heterocycles. The number of carbonyl (C=O) groups excluding carboxylic acids is 1. The number of hydrogen-bond donors (Lipinski definition) is 2. The van der Waals surface area contributed by atoms with Crippen molar-refractivity contribution in [3.63, 3.8) is 0 Å². The minimum Gasteiger partial charge on any atom is -0.478 e. The first kappa shape index (κ1) is 15.6. The number of hydrogen-bond acceptors (Lipinski definition) is 2. The molecule has 114 valence electrons. The van der Waals surface area contributed by atoms with Gasteiger partial charge in [0.1, 0.15) is 0 Å². The Morgan fingerprint density at radius 3 is 2.86 bits per heavy atom. The smallest absolute Gasteiger partial charge is 0.337 e. The van der Waals surface area contributed by atoms with E-state index in [1.54, 1.807) is 4.90 Å². The fourth-order valence-corrected chi connectivity index (χ4v) is 2.86. The van der Waals surface area contributed by atoms with Crippen molar-refractivity contribution >= 4 is 29.3 Å². The molecule has 5 nitrogen and oxygen atoms in total. The molecule has 1 aliphatic rings. The Hall–Kier alpha value is -1.75. The first-order valence-electron chi connectivity index (χ1n) is 7.13. The van der Waals surface area contributed by atoms with Crippen molar-refractivity contribution in [3.05, 3.63) is 28.8 Å². The summed E-state index contributed by atoms with van der Waals surface area (Å²) in [6, 6.07) is 4.32. The molecule has 0 spiro atoms. The molecule has 0 aliphatic carbocycles. The molecule has 2 amide bonds. The molecule has 1 atom stereocenters. The van der Waals surface area contributed by atoms with Gasteiger partial charge < -0.3 is 15.3 Å². The standard InChI is InChI=1S/C15H19ClN2O3/c1-2-11-5-3-4-8-18(11)15(21)17-13-9-10(16)6-7-12(13)14(19)20/h6-7,9,11H,2-5,8H2,1H3,(H,17,21)(H,19,20). The van der Waals surface area contributed by atoms with Crippen LogP contribution in [0.15, 0.2) is 18.2 Å². The van der Waals surface area contributed by atoms with Crippen LogP contribution in [0.1, 0.15) is 43.0 Å². The number of anilines is 1. The van der Waals surface area contributed by atoms with Gasteiger partial charge in [0.25, 0.3) is 0 Å². The number of benzene rings is 1. The van der Waals surface area contributed by atoms with Crippen LogP contribution in [0.4, 0.5) is 10.5 Å². The second-order valence-corrected chi connectivity index (χ2v) is 5.61. The summed E-state index contributed by atoms with van der Waals surface area (Å²) >= 11 is 5.89. The molecule has 6 heteroatoms. The summed E-state index contributed by atoms with van der Waals surface area (Å²) in [4.78, 5) is 25.4. The summed E-state index contributed by atoms with van der Waals surface area (Å²) in [6.07, 6.45) is 3.99. The summed E-state index contributed by atoms with van der Waals surface area (Å²) in [7, 11) is 0. The zero-order valence-corrected chi connectivity index (χ0v) is 12.7. The average molecular weight is 311 g/mol. The van der Waals surface area contributed by atoms with Crippen molar-refractivity contribution in [3.8, 4) is 0 Å². The lowest BCUT2D eigenvalue weighted by Gasteiger charge is -2.35. The molecule has 1 aromatic rings. The van der Waals surface area contributed by atoms with E-state index in [4.69, 9.17) is 16.7 Å². The van der Waals surface area contributed by atoms with Gasteiger partial charge >= 0.3 is 12.0 Å². The third-order valence-corrected chi connectivity index (χ3v) is 4.05. The lowest BCUT2D eigenvalue weighted by atomic mass is 10.0. The maximum absolute atomic E-state index is 12.4. The van der Waals surface area contributed by atoms with Crippen LogP contribution >= 0.6 is 11.6 Å². The van der Waals surface area contributed by atoms with Crippen molar-refractivity contribution in [2.75, 3.05) is 11.9 Å². The van der Waals surface area contributed by atoms with Gasteiger partial charge in [0.2, 0.25) is 0 Å². The van der Waals surface area contributed by atoms with E-state index < -0.39 is 5.97 Å². The summed E-state index contributed by atoms with van der Waals surface area (Å²) in [5.41, 5.74) is 0.276. The van der Waals surface area contributed by atoms with E-state index in [0.717, 1.165) is 25.7 Å². The number of nitrogens with one attached hydrogen (secondary N) is 1. The van der Waals surface area contributed by atoms with Gasteiger partial charge in [0.15, 0.2) is 0 Å². The van der Waals surface area contributed by atoms with E-state index in [1.165, 1.54) is 18.2 Å². The minimum atomic E-state index is -1.09. The van der Waals surface area contributed by atoms with Crippen molar-refractivity contribution in [2.24, 2.45) is 0 Å². The highest BCUT2D eigenvalue weighted by molar-refractivity contribution is 6.31. The molecule has 1 unspecified atom stereocenters. The lowest BCUT2D eigenvalue weighted by molar-refractivity contribution is 0.0698. The predicted octanol–water partition coefficient (Wildman–Crippen LogP) is 3.83. The molecule has 2 rings (SSSR count). The summed E-state index contributed by atoms with van der Waals surface area (Å²) in [6.45, 7) is 2.76. The minimum absolute atomic E-state index is 0.0396. The number of carboxylic acid groups (broad SMARTS) is 1. The number of carboxylic acids is 1. The molecule has 1 aliphatic heterocycles. The van der Waals surface area contributed by atoms with Crippen LogP contribution in [-0.4, -0.2) is 34.6 Å². The number of piperidine rings is 1. The van der Waals surface area contributed by atoms with Gasteiger partial charge in [-0.05, 0) is 43.9 Å². The van der Waals surface area contributed by atoms with Gasteiger partial charge in [-0.25, -0.2) is 9.59 Å². The Bertz CT molecular complexity index is 548. The predicted molar refractivity (Wildman–Crippen MR) is 82.1 cm³/mol. The fraction of sp³-hybridized carbons (Fsp3) is 0.467. The maximum Gasteiger partial charge on any atom is 0.337 e.